The third kappa shape index (κ3) is 2.17. The van der Waals surface area contributed by atoms with Crippen LogP contribution >= 0.6 is 11.6 Å². The standard InChI is InChI=1S/C16H13ClN2O/c1-20-14-7-5-11(9-13(14)17)12-4-2-3-10-6-8-15(18)19-16(10)12/h2-9H,1H3,(H2,18,19). The summed E-state index contributed by atoms with van der Waals surface area (Å²) in [5.74, 6) is 1.16. The number of nitrogens with zero attached hydrogens (tertiary/aromatic N) is 1. The highest BCUT2D eigenvalue weighted by Crippen LogP contribution is 2.33. The number of anilines is 1. The van der Waals surface area contributed by atoms with E-state index in [9.17, 15) is 0 Å². The molecule has 0 aliphatic heterocycles. The Balaban J connectivity index is 2.24. The molecule has 3 aromatic rings. The molecule has 3 nitrogen and oxygen atoms in total. The van der Waals surface area contributed by atoms with Gasteiger partial charge in [-0.2, -0.15) is 0 Å². The summed E-state index contributed by atoms with van der Waals surface area (Å²) in [6, 6.07) is 15.5. The molecule has 0 spiro atoms. The van der Waals surface area contributed by atoms with Crippen LogP contribution in [0.2, 0.25) is 5.02 Å². The molecule has 3 rings (SSSR count). The largest absolute Gasteiger partial charge is 0.495 e. The summed E-state index contributed by atoms with van der Waals surface area (Å²) < 4.78 is 5.17. The van der Waals surface area contributed by atoms with Gasteiger partial charge in [0.2, 0.25) is 0 Å². The van der Waals surface area contributed by atoms with E-state index in [1.807, 2.05) is 42.5 Å². The number of pyridine rings is 1. The van der Waals surface area contributed by atoms with Crippen molar-refractivity contribution in [2.45, 2.75) is 0 Å². The van der Waals surface area contributed by atoms with Crippen molar-refractivity contribution >= 4 is 28.3 Å². The Morgan fingerprint density at radius 2 is 1.95 bits per heavy atom. The predicted molar refractivity (Wildman–Crippen MR) is 83.2 cm³/mol. The van der Waals surface area contributed by atoms with Crippen LogP contribution in [-0.2, 0) is 0 Å². The lowest BCUT2D eigenvalue weighted by atomic mass is 10.0. The number of hydrogen-bond donors (Lipinski definition) is 1. The van der Waals surface area contributed by atoms with E-state index in [4.69, 9.17) is 22.1 Å². The highest BCUT2D eigenvalue weighted by atomic mass is 35.5. The van der Waals surface area contributed by atoms with Gasteiger partial charge in [0, 0.05) is 10.9 Å². The molecule has 2 N–H and O–H groups in total. The average Bonchev–Trinajstić information content (AvgIpc) is 2.46. The van der Waals surface area contributed by atoms with Gasteiger partial charge in [0.05, 0.1) is 17.6 Å². The number of rotatable bonds is 2. The fraction of sp³-hybridized carbons (Fsp3) is 0.0625. The molecule has 0 atom stereocenters. The van der Waals surface area contributed by atoms with Crippen LogP contribution in [0.15, 0.2) is 48.5 Å². The Hall–Kier alpha value is -2.26. The maximum absolute atomic E-state index is 6.19. The van der Waals surface area contributed by atoms with E-state index in [1.54, 1.807) is 13.2 Å². The number of fused-ring (bicyclic) bond motifs is 1. The van der Waals surface area contributed by atoms with Crippen LogP contribution in [0.4, 0.5) is 5.82 Å². The summed E-state index contributed by atoms with van der Waals surface area (Å²) in [6.07, 6.45) is 0. The Kier molecular flexibility index (Phi) is 3.20. The second-order valence-electron chi connectivity index (χ2n) is 4.46. The monoisotopic (exact) mass is 284 g/mol. The molecule has 0 saturated carbocycles. The minimum atomic E-state index is 0.504. The Morgan fingerprint density at radius 3 is 2.70 bits per heavy atom. The summed E-state index contributed by atoms with van der Waals surface area (Å²) in [6.45, 7) is 0. The third-order valence-corrected chi connectivity index (χ3v) is 3.50. The van der Waals surface area contributed by atoms with E-state index < -0.39 is 0 Å². The lowest BCUT2D eigenvalue weighted by Crippen LogP contribution is -1.92. The summed E-state index contributed by atoms with van der Waals surface area (Å²) in [4.78, 5) is 4.43. The molecule has 0 unspecified atom stereocenters. The van der Waals surface area contributed by atoms with E-state index in [-0.39, 0.29) is 0 Å². The first-order valence-electron chi connectivity index (χ1n) is 6.18. The number of halogens is 1. The second kappa shape index (κ2) is 5.02. The number of aromatic nitrogens is 1. The summed E-state index contributed by atoms with van der Waals surface area (Å²) >= 11 is 6.19. The molecule has 0 amide bonds. The maximum Gasteiger partial charge on any atom is 0.137 e. The van der Waals surface area contributed by atoms with Gasteiger partial charge in [-0.1, -0.05) is 35.9 Å². The average molecular weight is 285 g/mol. The van der Waals surface area contributed by atoms with Crippen LogP contribution < -0.4 is 10.5 Å². The van der Waals surface area contributed by atoms with Crippen molar-refractivity contribution in [1.29, 1.82) is 0 Å². The molecule has 2 aromatic carbocycles. The fourth-order valence-corrected chi connectivity index (χ4v) is 2.49. The summed E-state index contributed by atoms with van der Waals surface area (Å²) in [7, 11) is 1.60. The quantitative estimate of drug-likeness (QED) is 0.769. The van der Waals surface area contributed by atoms with E-state index in [0.717, 1.165) is 22.0 Å². The zero-order valence-corrected chi connectivity index (χ0v) is 11.7. The molecule has 20 heavy (non-hydrogen) atoms. The number of methoxy groups -OCH3 is 1. The molecule has 0 fully saturated rings. The predicted octanol–water partition coefficient (Wildman–Crippen LogP) is 4.15. The molecule has 0 bridgehead atoms. The highest BCUT2D eigenvalue weighted by molar-refractivity contribution is 6.32. The Morgan fingerprint density at radius 1 is 1.10 bits per heavy atom. The molecule has 1 aromatic heterocycles. The van der Waals surface area contributed by atoms with E-state index in [0.29, 0.717) is 16.6 Å². The number of nitrogen functional groups attached to an aromatic ring is 1. The van der Waals surface area contributed by atoms with Crippen LogP contribution in [0.25, 0.3) is 22.0 Å². The van der Waals surface area contributed by atoms with Crippen molar-refractivity contribution < 1.29 is 4.74 Å². The van der Waals surface area contributed by atoms with Crippen molar-refractivity contribution in [3.63, 3.8) is 0 Å². The maximum atomic E-state index is 6.19. The highest BCUT2D eigenvalue weighted by Gasteiger charge is 2.08. The first-order chi connectivity index (χ1) is 9.69. The number of nitrogens with two attached hydrogens (primary N) is 1. The van der Waals surface area contributed by atoms with Crippen molar-refractivity contribution in [3.05, 3.63) is 53.6 Å². The molecule has 0 saturated heterocycles. The Bertz CT molecular complexity index is 787. The number of para-hydroxylation sites is 1. The van der Waals surface area contributed by atoms with Crippen molar-refractivity contribution in [1.82, 2.24) is 4.98 Å². The van der Waals surface area contributed by atoms with E-state index in [2.05, 4.69) is 4.98 Å². The first kappa shape index (κ1) is 12.8. The van der Waals surface area contributed by atoms with E-state index in [1.165, 1.54) is 0 Å². The Labute approximate surface area is 122 Å². The number of ether oxygens (including phenoxy) is 1. The van der Waals surface area contributed by atoms with Crippen LogP contribution in [0.5, 0.6) is 5.75 Å². The summed E-state index contributed by atoms with van der Waals surface area (Å²) in [5, 5.41) is 1.62. The molecule has 1 heterocycles. The molecule has 100 valence electrons. The minimum absolute atomic E-state index is 0.504. The zero-order chi connectivity index (χ0) is 14.1. The number of benzene rings is 2. The van der Waals surface area contributed by atoms with Gasteiger partial charge in [-0.05, 0) is 29.8 Å². The van der Waals surface area contributed by atoms with Gasteiger partial charge < -0.3 is 10.5 Å². The van der Waals surface area contributed by atoms with E-state index >= 15 is 0 Å². The van der Waals surface area contributed by atoms with Crippen LogP contribution in [0.1, 0.15) is 0 Å². The smallest absolute Gasteiger partial charge is 0.137 e. The topological polar surface area (TPSA) is 48.1 Å². The fourth-order valence-electron chi connectivity index (χ4n) is 2.23. The lowest BCUT2D eigenvalue weighted by Gasteiger charge is -2.09. The molecule has 0 aliphatic carbocycles. The van der Waals surface area contributed by atoms with Gasteiger partial charge in [0.25, 0.3) is 0 Å². The van der Waals surface area contributed by atoms with Gasteiger partial charge in [-0.3, -0.25) is 0 Å². The van der Waals surface area contributed by atoms with Crippen molar-refractivity contribution in [2.75, 3.05) is 12.8 Å². The van der Waals surface area contributed by atoms with Gasteiger partial charge >= 0.3 is 0 Å². The first-order valence-corrected chi connectivity index (χ1v) is 6.56. The summed E-state index contributed by atoms with van der Waals surface area (Å²) in [5.41, 5.74) is 8.64. The molecular weight excluding hydrogens is 272 g/mol. The van der Waals surface area contributed by atoms with Gasteiger partial charge in [-0.15, -0.1) is 0 Å². The zero-order valence-electron chi connectivity index (χ0n) is 10.9. The van der Waals surface area contributed by atoms with Gasteiger partial charge in [-0.25, -0.2) is 4.98 Å². The number of hydrogen-bond acceptors (Lipinski definition) is 3. The van der Waals surface area contributed by atoms with Crippen molar-refractivity contribution in [2.24, 2.45) is 0 Å². The minimum Gasteiger partial charge on any atom is -0.495 e. The van der Waals surface area contributed by atoms with Crippen LogP contribution in [0, 0.1) is 0 Å². The second-order valence-corrected chi connectivity index (χ2v) is 4.87. The van der Waals surface area contributed by atoms with Gasteiger partial charge in [0.15, 0.2) is 0 Å². The lowest BCUT2D eigenvalue weighted by molar-refractivity contribution is 0.415. The SMILES string of the molecule is COc1ccc(-c2cccc3ccc(N)nc23)cc1Cl. The van der Waals surface area contributed by atoms with Crippen molar-refractivity contribution in [3.8, 4) is 16.9 Å². The third-order valence-electron chi connectivity index (χ3n) is 3.20. The van der Waals surface area contributed by atoms with Gasteiger partial charge in [0.1, 0.15) is 11.6 Å². The normalized spacial score (nSPS) is 10.7. The molecule has 0 aliphatic rings. The molecule has 0 radical (unpaired) electrons. The molecule has 4 heteroatoms. The van der Waals surface area contributed by atoms with Crippen LogP contribution in [-0.4, -0.2) is 12.1 Å². The molecular formula is C16H13ClN2O. The van der Waals surface area contributed by atoms with Crippen LogP contribution in [0.3, 0.4) is 0 Å².